The summed E-state index contributed by atoms with van der Waals surface area (Å²) in [5, 5.41) is 0.0905. The molecule has 0 radical (unpaired) electrons. The van der Waals surface area contributed by atoms with Gasteiger partial charge in [0.2, 0.25) is 5.91 Å². The first-order chi connectivity index (χ1) is 9.68. The van der Waals surface area contributed by atoms with E-state index in [9.17, 15) is 4.79 Å². The largest absolute Gasteiger partial charge is 0.493 e. The van der Waals surface area contributed by atoms with Gasteiger partial charge in [-0.15, -0.1) is 11.6 Å². The molecule has 1 fully saturated rings. The van der Waals surface area contributed by atoms with Crippen LogP contribution in [0.3, 0.4) is 0 Å². The van der Waals surface area contributed by atoms with Crippen LogP contribution in [0.15, 0.2) is 30.3 Å². The average Bonchev–Trinajstić information content (AvgIpc) is 2.48. The zero-order valence-corrected chi connectivity index (χ0v) is 12.7. The minimum atomic E-state index is 0.0905. The van der Waals surface area contributed by atoms with Crippen LogP contribution in [0.5, 0.6) is 5.75 Å². The van der Waals surface area contributed by atoms with Gasteiger partial charge in [-0.25, -0.2) is 0 Å². The molecule has 4 heteroatoms. The van der Waals surface area contributed by atoms with E-state index >= 15 is 0 Å². The summed E-state index contributed by atoms with van der Waals surface area (Å²) in [4.78, 5) is 14.0. The van der Waals surface area contributed by atoms with Crippen LogP contribution in [0, 0.1) is 0 Å². The first kappa shape index (κ1) is 15.2. The van der Waals surface area contributed by atoms with Gasteiger partial charge in [0.15, 0.2) is 0 Å². The summed E-state index contributed by atoms with van der Waals surface area (Å²) >= 11 is 6.33. The van der Waals surface area contributed by atoms with E-state index in [1.807, 2.05) is 42.3 Å². The van der Waals surface area contributed by atoms with Crippen LogP contribution in [0.4, 0.5) is 0 Å². The Morgan fingerprint density at radius 2 is 2.00 bits per heavy atom. The standard InChI is InChI=1S/C16H22ClNO2/c1-18(15-10-6-5-9-14(15)17)16(19)11-12-20-13-7-3-2-4-8-13/h2-4,7-8,14-15H,5-6,9-12H2,1H3. The SMILES string of the molecule is CN(C(=O)CCOc1ccccc1)C1CCCCC1Cl. The third-order valence-corrected chi connectivity index (χ3v) is 4.38. The lowest BCUT2D eigenvalue weighted by Crippen LogP contribution is -2.44. The topological polar surface area (TPSA) is 29.5 Å². The van der Waals surface area contributed by atoms with Crippen LogP contribution < -0.4 is 4.74 Å². The van der Waals surface area contributed by atoms with E-state index in [1.54, 1.807) is 0 Å². The summed E-state index contributed by atoms with van der Waals surface area (Å²) in [5.74, 6) is 0.911. The van der Waals surface area contributed by atoms with Crippen LogP contribution in [0.25, 0.3) is 0 Å². The Morgan fingerprint density at radius 3 is 2.70 bits per heavy atom. The zero-order chi connectivity index (χ0) is 14.4. The number of hydrogen-bond donors (Lipinski definition) is 0. The predicted octanol–water partition coefficient (Wildman–Crippen LogP) is 3.46. The quantitative estimate of drug-likeness (QED) is 0.779. The van der Waals surface area contributed by atoms with Gasteiger partial charge in [-0.1, -0.05) is 31.0 Å². The fourth-order valence-corrected chi connectivity index (χ4v) is 3.09. The molecule has 0 heterocycles. The Labute approximate surface area is 125 Å². The number of amides is 1. The van der Waals surface area contributed by atoms with Gasteiger partial charge in [-0.05, 0) is 25.0 Å². The van der Waals surface area contributed by atoms with Gasteiger partial charge < -0.3 is 9.64 Å². The summed E-state index contributed by atoms with van der Waals surface area (Å²) in [7, 11) is 1.86. The van der Waals surface area contributed by atoms with Crippen molar-refractivity contribution < 1.29 is 9.53 Å². The molecule has 1 amide bonds. The molecule has 2 unspecified atom stereocenters. The van der Waals surface area contributed by atoms with Crippen LogP contribution in [-0.4, -0.2) is 35.9 Å². The minimum absolute atomic E-state index is 0.0905. The maximum atomic E-state index is 12.2. The highest BCUT2D eigenvalue weighted by Gasteiger charge is 2.29. The molecule has 1 aliphatic rings. The number of alkyl halides is 1. The van der Waals surface area contributed by atoms with Gasteiger partial charge >= 0.3 is 0 Å². The molecule has 0 saturated heterocycles. The Morgan fingerprint density at radius 1 is 1.30 bits per heavy atom. The van der Waals surface area contributed by atoms with Gasteiger partial charge in [-0.2, -0.15) is 0 Å². The van der Waals surface area contributed by atoms with Crippen molar-refractivity contribution in [1.29, 1.82) is 0 Å². The lowest BCUT2D eigenvalue weighted by Gasteiger charge is -2.35. The van der Waals surface area contributed by atoms with E-state index in [4.69, 9.17) is 16.3 Å². The third kappa shape index (κ3) is 4.14. The third-order valence-electron chi connectivity index (χ3n) is 3.87. The number of halogens is 1. The number of carbonyl (C=O) groups is 1. The normalized spacial score (nSPS) is 22.3. The highest BCUT2D eigenvalue weighted by molar-refractivity contribution is 6.21. The lowest BCUT2D eigenvalue weighted by atomic mass is 9.94. The van der Waals surface area contributed by atoms with E-state index in [0.29, 0.717) is 13.0 Å². The van der Waals surface area contributed by atoms with Crippen molar-refractivity contribution in [3.8, 4) is 5.75 Å². The van der Waals surface area contributed by atoms with Gasteiger partial charge in [0.25, 0.3) is 0 Å². The number of carbonyl (C=O) groups excluding carboxylic acids is 1. The number of rotatable bonds is 5. The molecular formula is C16H22ClNO2. The molecule has 3 nitrogen and oxygen atoms in total. The summed E-state index contributed by atoms with van der Waals surface area (Å²) in [6.07, 6.45) is 4.74. The van der Waals surface area contributed by atoms with Crippen LogP contribution in [0.2, 0.25) is 0 Å². The smallest absolute Gasteiger partial charge is 0.226 e. The van der Waals surface area contributed by atoms with Crippen molar-refractivity contribution in [2.75, 3.05) is 13.7 Å². The molecule has 1 saturated carbocycles. The Balaban J connectivity index is 1.76. The van der Waals surface area contributed by atoms with Crippen molar-refractivity contribution in [1.82, 2.24) is 4.90 Å². The van der Waals surface area contributed by atoms with Gasteiger partial charge in [0, 0.05) is 13.1 Å². The molecule has 110 valence electrons. The molecule has 0 bridgehead atoms. The van der Waals surface area contributed by atoms with E-state index < -0.39 is 0 Å². The van der Waals surface area contributed by atoms with Crippen LogP contribution in [-0.2, 0) is 4.79 Å². The molecule has 2 atom stereocenters. The second kappa shape index (κ2) is 7.53. The number of benzene rings is 1. The molecular weight excluding hydrogens is 274 g/mol. The Kier molecular flexibility index (Phi) is 5.72. The van der Waals surface area contributed by atoms with Crippen molar-refractivity contribution in [2.24, 2.45) is 0 Å². The summed E-state index contributed by atoms with van der Waals surface area (Å²) < 4.78 is 5.56. The molecule has 0 spiro atoms. The van der Waals surface area contributed by atoms with Crippen LogP contribution >= 0.6 is 11.6 Å². The van der Waals surface area contributed by atoms with Crippen molar-refractivity contribution in [2.45, 2.75) is 43.5 Å². The zero-order valence-electron chi connectivity index (χ0n) is 11.9. The lowest BCUT2D eigenvalue weighted by molar-refractivity contribution is -0.133. The number of para-hydroxylation sites is 1. The highest BCUT2D eigenvalue weighted by Crippen LogP contribution is 2.26. The molecule has 20 heavy (non-hydrogen) atoms. The van der Waals surface area contributed by atoms with E-state index in [2.05, 4.69) is 0 Å². The fraction of sp³-hybridized carbons (Fsp3) is 0.562. The van der Waals surface area contributed by atoms with Crippen molar-refractivity contribution in [3.05, 3.63) is 30.3 Å². The van der Waals surface area contributed by atoms with Crippen molar-refractivity contribution >= 4 is 17.5 Å². The maximum Gasteiger partial charge on any atom is 0.226 e. The highest BCUT2D eigenvalue weighted by atomic mass is 35.5. The van der Waals surface area contributed by atoms with Gasteiger partial charge in [0.1, 0.15) is 5.75 Å². The maximum absolute atomic E-state index is 12.2. The molecule has 2 rings (SSSR count). The molecule has 0 aliphatic heterocycles. The van der Waals surface area contributed by atoms with Crippen molar-refractivity contribution in [3.63, 3.8) is 0 Å². The van der Waals surface area contributed by atoms with E-state index in [1.165, 1.54) is 6.42 Å². The van der Waals surface area contributed by atoms with E-state index in [0.717, 1.165) is 25.0 Å². The first-order valence-electron chi connectivity index (χ1n) is 7.26. The molecule has 1 aromatic rings. The number of ether oxygens (including phenoxy) is 1. The molecule has 0 N–H and O–H groups in total. The molecule has 1 aliphatic carbocycles. The van der Waals surface area contributed by atoms with E-state index in [-0.39, 0.29) is 17.3 Å². The van der Waals surface area contributed by atoms with Gasteiger partial charge in [-0.3, -0.25) is 4.79 Å². The van der Waals surface area contributed by atoms with Gasteiger partial charge in [0.05, 0.1) is 18.4 Å². The second-order valence-electron chi connectivity index (χ2n) is 5.28. The number of nitrogens with zero attached hydrogens (tertiary/aromatic N) is 1. The average molecular weight is 296 g/mol. The first-order valence-corrected chi connectivity index (χ1v) is 7.69. The predicted molar refractivity (Wildman–Crippen MR) is 81.2 cm³/mol. The monoisotopic (exact) mass is 295 g/mol. The van der Waals surface area contributed by atoms with Crippen LogP contribution in [0.1, 0.15) is 32.1 Å². The summed E-state index contributed by atoms with van der Waals surface area (Å²) in [6.45, 7) is 0.410. The minimum Gasteiger partial charge on any atom is -0.493 e. The fourth-order valence-electron chi connectivity index (χ4n) is 2.64. The molecule has 1 aromatic carbocycles. The molecule has 0 aromatic heterocycles. The summed E-state index contributed by atoms with van der Waals surface area (Å²) in [5.41, 5.74) is 0. The second-order valence-corrected chi connectivity index (χ2v) is 5.84. The Bertz CT molecular complexity index is 424. The Hall–Kier alpha value is -1.22. The summed E-state index contributed by atoms with van der Waals surface area (Å²) in [6, 6.07) is 9.74. The number of hydrogen-bond acceptors (Lipinski definition) is 2.